The summed E-state index contributed by atoms with van der Waals surface area (Å²) in [6, 6.07) is -0.596. The Morgan fingerprint density at radius 2 is 1.79 bits per heavy atom. The third-order valence-corrected chi connectivity index (χ3v) is 7.24. The van der Waals surface area contributed by atoms with Gasteiger partial charge in [-0.1, -0.05) is 23.2 Å². The summed E-state index contributed by atoms with van der Waals surface area (Å²) in [6.07, 6.45) is -0.707. The lowest BCUT2D eigenvalue weighted by atomic mass is 10.3. The topological polar surface area (TPSA) is 64.6 Å². The average Bonchev–Trinajstić information content (AvgIpc) is 2.54. The molecule has 10 heteroatoms. The second-order valence-electron chi connectivity index (χ2n) is 3.54. The number of ether oxygens (including phenoxy) is 2. The zero-order chi connectivity index (χ0) is 14.8. The second kappa shape index (κ2) is 7.04. The Kier molecular flexibility index (Phi) is 6.53. The van der Waals surface area contributed by atoms with Gasteiger partial charge < -0.3 is 9.47 Å². The van der Waals surface area contributed by atoms with E-state index >= 15 is 0 Å². The van der Waals surface area contributed by atoms with Gasteiger partial charge in [0.05, 0.1) is 10.5 Å². The normalized spacial score (nSPS) is 14.1. The van der Waals surface area contributed by atoms with Crippen LogP contribution in [0.5, 0.6) is 0 Å². The van der Waals surface area contributed by atoms with Gasteiger partial charge >= 0.3 is 0 Å². The Morgan fingerprint density at radius 3 is 2.16 bits per heavy atom. The van der Waals surface area contributed by atoms with Crippen molar-refractivity contribution >= 4 is 60.5 Å². The van der Waals surface area contributed by atoms with E-state index in [0.29, 0.717) is 0 Å². The standard InChI is InChI=1S/C9H12BrCl2NO4S2/c1-4(9(16-2)17-3)13-19(14,15)6-5(10)7(11)18-8(6)12/h4,9,13H,1-3H3. The zero-order valence-electron chi connectivity index (χ0n) is 10.2. The van der Waals surface area contributed by atoms with E-state index in [1.54, 1.807) is 6.92 Å². The van der Waals surface area contributed by atoms with Gasteiger partial charge in [0.15, 0.2) is 6.29 Å². The van der Waals surface area contributed by atoms with E-state index in [9.17, 15) is 8.42 Å². The Labute approximate surface area is 134 Å². The number of thiophene rings is 1. The van der Waals surface area contributed by atoms with Crippen LogP contribution in [0.2, 0.25) is 8.67 Å². The number of rotatable bonds is 6. The molecule has 0 aliphatic heterocycles. The van der Waals surface area contributed by atoms with E-state index in [1.165, 1.54) is 14.2 Å². The second-order valence-corrected chi connectivity index (χ2v) is 8.21. The van der Waals surface area contributed by atoms with Crippen LogP contribution in [0.3, 0.4) is 0 Å². The summed E-state index contributed by atoms with van der Waals surface area (Å²) in [5, 5.41) is 0. The molecule has 0 aliphatic rings. The van der Waals surface area contributed by atoms with Crippen LogP contribution in [0.25, 0.3) is 0 Å². The number of methoxy groups -OCH3 is 2. The van der Waals surface area contributed by atoms with Crippen LogP contribution >= 0.6 is 50.5 Å². The molecule has 0 saturated heterocycles. The Balaban J connectivity index is 3.05. The monoisotopic (exact) mass is 411 g/mol. The van der Waals surface area contributed by atoms with Gasteiger partial charge in [-0.25, -0.2) is 13.1 Å². The first-order valence-electron chi connectivity index (χ1n) is 4.95. The third-order valence-electron chi connectivity index (χ3n) is 2.21. The van der Waals surface area contributed by atoms with E-state index in [0.717, 1.165) is 11.3 Å². The van der Waals surface area contributed by atoms with Crippen molar-refractivity contribution in [3.63, 3.8) is 0 Å². The molecule has 5 nitrogen and oxygen atoms in total. The molecule has 0 saturated carbocycles. The molecule has 1 heterocycles. The van der Waals surface area contributed by atoms with Crippen molar-refractivity contribution in [2.45, 2.75) is 24.2 Å². The third kappa shape index (κ3) is 4.04. The Bertz CT molecular complexity index is 545. The van der Waals surface area contributed by atoms with Crippen LogP contribution in [0.4, 0.5) is 0 Å². The van der Waals surface area contributed by atoms with Crippen molar-refractivity contribution in [3.8, 4) is 0 Å². The Morgan fingerprint density at radius 1 is 1.26 bits per heavy atom. The van der Waals surface area contributed by atoms with Crippen molar-refractivity contribution < 1.29 is 17.9 Å². The van der Waals surface area contributed by atoms with Gasteiger partial charge in [0.2, 0.25) is 10.0 Å². The molecule has 0 spiro atoms. The van der Waals surface area contributed by atoms with E-state index < -0.39 is 22.4 Å². The van der Waals surface area contributed by atoms with Crippen LogP contribution in [0.1, 0.15) is 6.92 Å². The molecule has 1 N–H and O–H groups in total. The fraction of sp³-hybridized carbons (Fsp3) is 0.556. The lowest BCUT2D eigenvalue weighted by Gasteiger charge is -2.21. The molecule has 110 valence electrons. The van der Waals surface area contributed by atoms with Gasteiger partial charge in [-0.3, -0.25) is 0 Å². The summed E-state index contributed by atoms with van der Waals surface area (Å²) in [4.78, 5) is -0.0815. The highest BCUT2D eigenvalue weighted by molar-refractivity contribution is 9.10. The first-order chi connectivity index (χ1) is 8.74. The van der Waals surface area contributed by atoms with Crippen molar-refractivity contribution in [1.82, 2.24) is 4.72 Å². The van der Waals surface area contributed by atoms with Crippen LogP contribution in [-0.2, 0) is 19.5 Å². The molecule has 0 fully saturated rings. The minimum atomic E-state index is -3.83. The summed E-state index contributed by atoms with van der Waals surface area (Å²) >= 11 is 15.8. The first kappa shape index (κ1) is 17.6. The van der Waals surface area contributed by atoms with Gasteiger partial charge in [-0.05, 0) is 22.9 Å². The SMILES string of the molecule is COC(OC)C(C)NS(=O)(=O)c1c(Cl)sc(Cl)c1Br. The van der Waals surface area contributed by atoms with Gasteiger partial charge in [0, 0.05) is 14.2 Å². The first-order valence-corrected chi connectivity index (χ1v) is 8.80. The summed E-state index contributed by atoms with van der Waals surface area (Å²) in [5.74, 6) is 0. The lowest BCUT2D eigenvalue weighted by Crippen LogP contribution is -2.42. The maximum atomic E-state index is 12.2. The molecular weight excluding hydrogens is 401 g/mol. The van der Waals surface area contributed by atoms with Crippen molar-refractivity contribution in [2.24, 2.45) is 0 Å². The van der Waals surface area contributed by atoms with Crippen LogP contribution in [-0.4, -0.2) is 35.0 Å². The summed E-state index contributed by atoms with van der Waals surface area (Å²) in [5.41, 5.74) is 0. The molecule has 1 aromatic heterocycles. The molecule has 0 aromatic carbocycles. The van der Waals surface area contributed by atoms with Gasteiger partial charge in [0.25, 0.3) is 0 Å². The zero-order valence-corrected chi connectivity index (χ0v) is 15.0. The lowest BCUT2D eigenvalue weighted by molar-refractivity contribution is -0.115. The largest absolute Gasteiger partial charge is 0.354 e. The molecule has 0 aliphatic carbocycles. The van der Waals surface area contributed by atoms with Crippen LogP contribution in [0, 0.1) is 0 Å². The van der Waals surface area contributed by atoms with Crippen LogP contribution < -0.4 is 4.72 Å². The maximum absolute atomic E-state index is 12.2. The van der Waals surface area contributed by atoms with Gasteiger partial charge in [-0.2, -0.15) is 0 Å². The summed E-state index contributed by atoms with van der Waals surface area (Å²) in [7, 11) is -0.988. The maximum Gasteiger partial charge on any atom is 0.244 e. The van der Waals surface area contributed by atoms with Gasteiger partial charge in [-0.15, -0.1) is 11.3 Å². The molecule has 0 bridgehead atoms. The number of nitrogens with one attached hydrogen (secondary N) is 1. The molecule has 19 heavy (non-hydrogen) atoms. The predicted molar refractivity (Wildman–Crippen MR) is 79.6 cm³/mol. The number of hydrogen-bond acceptors (Lipinski definition) is 5. The minimum absolute atomic E-state index is 0.0815. The molecule has 1 aromatic rings. The molecule has 1 atom stereocenters. The average molecular weight is 413 g/mol. The molecule has 0 radical (unpaired) electrons. The quantitative estimate of drug-likeness (QED) is 0.729. The predicted octanol–water partition coefficient (Wildman–Crippen LogP) is 3.10. The highest BCUT2D eigenvalue weighted by Crippen LogP contribution is 2.42. The van der Waals surface area contributed by atoms with Crippen molar-refractivity contribution in [2.75, 3.05) is 14.2 Å². The van der Waals surface area contributed by atoms with E-state index in [2.05, 4.69) is 20.7 Å². The number of hydrogen-bond donors (Lipinski definition) is 1. The van der Waals surface area contributed by atoms with E-state index in [4.69, 9.17) is 32.7 Å². The van der Waals surface area contributed by atoms with E-state index in [-0.39, 0.29) is 18.0 Å². The Hall–Kier alpha value is 0.590. The van der Waals surface area contributed by atoms with Crippen molar-refractivity contribution in [3.05, 3.63) is 13.1 Å². The minimum Gasteiger partial charge on any atom is -0.354 e. The van der Waals surface area contributed by atoms with Crippen LogP contribution in [0.15, 0.2) is 9.37 Å². The number of halogens is 3. The fourth-order valence-electron chi connectivity index (χ4n) is 1.43. The van der Waals surface area contributed by atoms with Gasteiger partial charge in [0.1, 0.15) is 13.6 Å². The summed E-state index contributed by atoms with van der Waals surface area (Å²) < 4.78 is 37.5. The smallest absolute Gasteiger partial charge is 0.244 e. The molecule has 1 unspecified atom stereocenters. The highest BCUT2D eigenvalue weighted by Gasteiger charge is 2.30. The summed E-state index contributed by atoms with van der Waals surface area (Å²) in [6.45, 7) is 1.62. The number of sulfonamides is 1. The van der Waals surface area contributed by atoms with E-state index in [1.807, 2.05) is 0 Å². The molecule has 0 amide bonds. The highest BCUT2D eigenvalue weighted by atomic mass is 79.9. The fourth-order valence-corrected chi connectivity index (χ4v) is 6.22. The van der Waals surface area contributed by atoms with Crippen molar-refractivity contribution in [1.29, 1.82) is 0 Å². The molecular formula is C9H12BrCl2NO4S2. The molecule has 1 rings (SSSR count).